The van der Waals surface area contributed by atoms with Crippen molar-refractivity contribution in [2.75, 3.05) is 5.32 Å². The summed E-state index contributed by atoms with van der Waals surface area (Å²) < 4.78 is 2.08. The Balaban J connectivity index is 1.78. The van der Waals surface area contributed by atoms with E-state index >= 15 is 0 Å². The molecule has 0 spiro atoms. The van der Waals surface area contributed by atoms with Crippen LogP contribution in [0.25, 0.3) is 5.65 Å². The molecule has 0 radical (unpaired) electrons. The molecule has 96 valence electrons. The predicted octanol–water partition coefficient (Wildman–Crippen LogP) is 3.30. The molecule has 3 heterocycles. The summed E-state index contributed by atoms with van der Waals surface area (Å²) in [5, 5.41) is 3.86. The molecule has 0 aliphatic carbocycles. The van der Waals surface area contributed by atoms with Gasteiger partial charge in [0.15, 0.2) is 0 Å². The first-order valence-corrected chi connectivity index (χ1v) is 6.39. The fraction of sp³-hybridized carbons (Fsp3) is 0.143. The second kappa shape index (κ2) is 4.90. The lowest BCUT2D eigenvalue weighted by Gasteiger charge is -2.02. The number of pyridine rings is 2. The highest BCUT2D eigenvalue weighted by Crippen LogP contribution is 2.12. The highest BCUT2D eigenvalue weighted by Gasteiger charge is 2.03. The van der Waals surface area contributed by atoms with Crippen LogP contribution in [0.2, 0.25) is 5.02 Å². The summed E-state index contributed by atoms with van der Waals surface area (Å²) in [6.07, 6.45) is 3.66. The molecule has 0 aliphatic heterocycles. The zero-order chi connectivity index (χ0) is 13.2. The summed E-state index contributed by atoms with van der Waals surface area (Å²) in [7, 11) is 0. The van der Waals surface area contributed by atoms with Gasteiger partial charge in [-0.1, -0.05) is 17.7 Å². The Labute approximate surface area is 116 Å². The predicted molar refractivity (Wildman–Crippen MR) is 76.5 cm³/mol. The maximum absolute atomic E-state index is 5.79. The summed E-state index contributed by atoms with van der Waals surface area (Å²) in [4.78, 5) is 8.74. The topological polar surface area (TPSA) is 42.2 Å². The van der Waals surface area contributed by atoms with E-state index in [-0.39, 0.29) is 0 Å². The van der Waals surface area contributed by atoms with E-state index < -0.39 is 0 Å². The lowest BCUT2D eigenvalue weighted by molar-refractivity contribution is 1.05. The van der Waals surface area contributed by atoms with Crippen LogP contribution in [-0.4, -0.2) is 14.4 Å². The normalized spacial score (nSPS) is 10.8. The fourth-order valence-corrected chi connectivity index (χ4v) is 2.06. The minimum absolute atomic E-state index is 0.633. The molecular formula is C14H13ClN4. The minimum Gasteiger partial charge on any atom is -0.364 e. The lowest BCUT2D eigenvalue weighted by Crippen LogP contribution is -2.01. The van der Waals surface area contributed by atoms with Crippen molar-refractivity contribution >= 4 is 23.1 Å². The fourth-order valence-electron chi connectivity index (χ4n) is 1.95. The maximum Gasteiger partial charge on any atom is 0.137 e. The van der Waals surface area contributed by atoms with Crippen LogP contribution in [0.15, 0.2) is 42.7 Å². The molecule has 1 N–H and O–H groups in total. The summed E-state index contributed by atoms with van der Waals surface area (Å²) in [6, 6.07) is 9.73. The van der Waals surface area contributed by atoms with E-state index in [1.807, 2.05) is 30.5 Å². The molecule has 0 fully saturated rings. The van der Waals surface area contributed by atoms with Gasteiger partial charge in [0.1, 0.15) is 11.5 Å². The molecule has 0 atom stereocenters. The van der Waals surface area contributed by atoms with Gasteiger partial charge in [0.25, 0.3) is 0 Å². The van der Waals surface area contributed by atoms with Gasteiger partial charge in [-0.05, 0) is 31.2 Å². The zero-order valence-electron chi connectivity index (χ0n) is 10.5. The van der Waals surface area contributed by atoms with Crippen LogP contribution < -0.4 is 5.32 Å². The van der Waals surface area contributed by atoms with Gasteiger partial charge in [-0.15, -0.1) is 0 Å². The molecule has 0 aromatic carbocycles. The molecule has 0 bridgehead atoms. The van der Waals surface area contributed by atoms with Crippen LogP contribution >= 0.6 is 11.6 Å². The van der Waals surface area contributed by atoms with Crippen LogP contribution in [0.5, 0.6) is 0 Å². The van der Waals surface area contributed by atoms with Crippen molar-refractivity contribution in [3.05, 3.63) is 59.1 Å². The first-order valence-electron chi connectivity index (χ1n) is 6.01. The van der Waals surface area contributed by atoms with E-state index in [4.69, 9.17) is 11.6 Å². The van der Waals surface area contributed by atoms with E-state index in [1.54, 1.807) is 6.20 Å². The first kappa shape index (κ1) is 12.0. The molecular weight excluding hydrogens is 260 g/mol. The van der Waals surface area contributed by atoms with Gasteiger partial charge in [0.05, 0.1) is 17.3 Å². The van der Waals surface area contributed by atoms with Crippen molar-refractivity contribution in [2.45, 2.75) is 13.5 Å². The molecule has 0 saturated carbocycles. The largest absolute Gasteiger partial charge is 0.364 e. The van der Waals surface area contributed by atoms with Crippen LogP contribution in [-0.2, 0) is 6.54 Å². The summed E-state index contributed by atoms with van der Waals surface area (Å²) in [5.74, 6) is 0.790. The van der Waals surface area contributed by atoms with Crippen LogP contribution in [0.1, 0.15) is 11.4 Å². The standard InChI is InChI=1S/C14H13ClN4/c1-10-3-2-4-14-18-12(9-19(10)14)8-17-13-6-5-11(15)7-16-13/h2-7,9H,8H2,1H3,(H,16,17). The van der Waals surface area contributed by atoms with E-state index in [2.05, 4.69) is 32.7 Å². The SMILES string of the molecule is Cc1cccc2nc(CNc3ccc(Cl)cn3)cn12. The average Bonchev–Trinajstić information content (AvgIpc) is 2.83. The van der Waals surface area contributed by atoms with Gasteiger partial charge in [-0.3, -0.25) is 0 Å². The molecule has 5 heteroatoms. The number of hydrogen-bond donors (Lipinski definition) is 1. The molecule has 4 nitrogen and oxygen atoms in total. The van der Waals surface area contributed by atoms with Crippen molar-refractivity contribution in [1.82, 2.24) is 14.4 Å². The van der Waals surface area contributed by atoms with Gasteiger partial charge in [-0.2, -0.15) is 0 Å². The molecule has 0 amide bonds. The first-order chi connectivity index (χ1) is 9.22. The number of nitrogens with one attached hydrogen (secondary N) is 1. The Bertz CT molecular complexity index is 703. The molecule has 19 heavy (non-hydrogen) atoms. The lowest BCUT2D eigenvalue weighted by atomic mass is 10.4. The van der Waals surface area contributed by atoms with E-state index in [0.29, 0.717) is 11.6 Å². The summed E-state index contributed by atoms with van der Waals surface area (Å²) in [5.41, 5.74) is 3.10. The second-order valence-electron chi connectivity index (χ2n) is 4.34. The quantitative estimate of drug-likeness (QED) is 0.795. The molecule has 0 unspecified atom stereocenters. The van der Waals surface area contributed by atoms with Crippen molar-refractivity contribution in [3.63, 3.8) is 0 Å². The number of rotatable bonds is 3. The van der Waals surface area contributed by atoms with Crippen molar-refractivity contribution in [2.24, 2.45) is 0 Å². The maximum atomic E-state index is 5.79. The Hall–Kier alpha value is -2.07. The molecule has 0 aliphatic rings. The van der Waals surface area contributed by atoms with Gasteiger partial charge < -0.3 is 9.72 Å². The molecule has 3 aromatic heterocycles. The molecule has 0 saturated heterocycles. The number of aromatic nitrogens is 3. The second-order valence-corrected chi connectivity index (χ2v) is 4.78. The third kappa shape index (κ3) is 2.53. The summed E-state index contributed by atoms with van der Waals surface area (Å²) >= 11 is 5.79. The van der Waals surface area contributed by atoms with E-state index in [0.717, 1.165) is 17.2 Å². The van der Waals surface area contributed by atoms with E-state index in [1.165, 1.54) is 5.69 Å². The van der Waals surface area contributed by atoms with Crippen molar-refractivity contribution < 1.29 is 0 Å². The number of aryl methyl sites for hydroxylation is 1. The smallest absolute Gasteiger partial charge is 0.137 e. The number of nitrogens with zero attached hydrogens (tertiary/aromatic N) is 3. The zero-order valence-corrected chi connectivity index (χ0v) is 11.2. The Kier molecular flexibility index (Phi) is 3.09. The Morgan fingerprint density at radius 1 is 1.26 bits per heavy atom. The van der Waals surface area contributed by atoms with Gasteiger partial charge in [0, 0.05) is 18.1 Å². The number of halogens is 1. The molecule has 3 aromatic rings. The van der Waals surface area contributed by atoms with Gasteiger partial charge in [0.2, 0.25) is 0 Å². The number of imidazole rings is 1. The van der Waals surface area contributed by atoms with Crippen LogP contribution in [0.3, 0.4) is 0 Å². The van der Waals surface area contributed by atoms with Gasteiger partial charge >= 0.3 is 0 Å². The Morgan fingerprint density at radius 3 is 2.89 bits per heavy atom. The monoisotopic (exact) mass is 272 g/mol. The van der Waals surface area contributed by atoms with Gasteiger partial charge in [-0.25, -0.2) is 9.97 Å². The Morgan fingerprint density at radius 2 is 2.16 bits per heavy atom. The number of fused-ring (bicyclic) bond motifs is 1. The minimum atomic E-state index is 0.633. The van der Waals surface area contributed by atoms with Crippen molar-refractivity contribution in [1.29, 1.82) is 0 Å². The van der Waals surface area contributed by atoms with Crippen LogP contribution in [0.4, 0.5) is 5.82 Å². The van der Waals surface area contributed by atoms with E-state index in [9.17, 15) is 0 Å². The van der Waals surface area contributed by atoms with Crippen molar-refractivity contribution in [3.8, 4) is 0 Å². The number of anilines is 1. The third-order valence-corrected chi connectivity index (χ3v) is 3.15. The highest BCUT2D eigenvalue weighted by atomic mass is 35.5. The average molecular weight is 273 g/mol. The highest BCUT2D eigenvalue weighted by molar-refractivity contribution is 6.30. The number of hydrogen-bond acceptors (Lipinski definition) is 3. The van der Waals surface area contributed by atoms with Crippen LogP contribution in [0, 0.1) is 6.92 Å². The summed E-state index contributed by atoms with van der Waals surface area (Å²) in [6.45, 7) is 2.70. The molecule has 3 rings (SSSR count). The third-order valence-electron chi connectivity index (χ3n) is 2.92.